The fourth-order valence-electron chi connectivity index (χ4n) is 3.21. The van der Waals surface area contributed by atoms with Crippen LogP contribution in [0, 0.1) is 0 Å². The first kappa shape index (κ1) is 15.4. The Morgan fingerprint density at radius 2 is 1.96 bits per heavy atom. The van der Waals surface area contributed by atoms with E-state index in [0.717, 1.165) is 11.1 Å². The molecule has 126 valence electrons. The van der Waals surface area contributed by atoms with E-state index < -0.39 is 23.8 Å². The molecule has 0 bridgehead atoms. The van der Waals surface area contributed by atoms with E-state index in [0.29, 0.717) is 23.1 Å². The molecule has 2 atom stereocenters. The first-order valence-electron chi connectivity index (χ1n) is 7.97. The number of rotatable bonds is 2. The van der Waals surface area contributed by atoms with Crippen LogP contribution in [0.25, 0.3) is 11.0 Å². The molecular weight excluding hydrogens is 320 g/mol. The van der Waals surface area contributed by atoms with Gasteiger partial charge in [-0.25, -0.2) is 9.59 Å². The molecule has 1 heterocycles. The third-order valence-corrected chi connectivity index (χ3v) is 4.37. The minimum Gasteiger partial charge on any atom is -0.423 e. The zero-order valence-corrected chi connectivity index (χ0v) is 13.2. The maximum Gasteiger partial charge on any atom is 0.336 e. The number of aliphatic hydroxyl groups excluding tert-OH is 1. The molecule has 0 aliphatic heterocycles. The molecule has 0 unspecified atom stereocenters. The van der Waals surface area contributed by atoms with Gasteiger partial charge in [-0.05, 0) is 35.4 Å². The normalized spacial score (nSPS) is 18.8. The number of hydrogen-bond donors (Lipinski definition) is 3. The van der Waals surface area contributed by atoms with Crippen molar-refractivity contribution in [2.75, 3.05) is 5.32 Å². The standard InChI is InChI=1S/C19H16N2O4/c22-15-10-11-3-1-2-4-14(11)18(15)21-19(24)20-13-6-7-16-12(9-13)5-8-17(23)25-16/h1-9,15,18,22H,10H2,(H2,20,21,24)/t15-,18-/m1/s1. The maximum absolute atomic E-state index is 12.3. The molecule has 0 radical (unpaired) electrons. The molecule has 1 aromatic heterocycles. The van der Waals surface area contributed by atoms with Crippen LogP contribution < -0.4 is 16.3 Å². The fraction of sp³-hybridized carbons (Fsp3) is 0.158. The third-order valence-electron chi connectivity index (χ3n) is 4.37. The van der Waals surface area contributed by atoms with Crippen LogP contribution in [-0.2, 0) is 6.42 Å². The smallest absolute Gasteiger partial charge is 0.336 e. The average molecular weight is 336 g/mol. The van der Waals surface area contributed by atoms with Crippen LogP contribution in [0.2, 0.25) is 0 Å². The van der Waals surface area contributed by atoms with Crippen LogP contribution in [0.15, 0.2) is 63.8 Å². The molecule has 1 aliphatic carbocycles. The zero-order chi connectivity index (χ0) is 17.4. The van der Waals surface area contributed by atoms with Gasteiger partial charge in [-0.3, -0.25) is 0 Å². The summed E-state index contributed by atoms with van der Waals surface area (Å²) >= 11 is 0. The molecule has 4 rings (SSSR count). The minimum absolute atomic E-state index is 0.405. The Labute approximate surface area is 143 Å². The summed E-state index contributed by atoms with van der Waals surface area (Å²) in [5, 5.41) is 16.5. The SMILES string of the molecule is O=C(Nc1ccc2oc(=O)ccc2c1)N[C@@H]1c2ccccc2C[C@H]1O. The lowest BCUT2D eigenvalue weighted by atomic mass is 10.1. The van der Waals surface area contributed by atoms with Gasteiger partial charge in [0, 0.05) is 23.6 Å². The maximum atomic E-state index is 12.3. The largest absolute Gasteiger partial charge is 0.423 e. The summed E-state index contributed by atoms with van der Waals surface area (Å²) in [6, 6.07) is 14.8. The number of urea groups is 1. The first-order valence-corrected chi connectivity index (χ1v) is 7.97. The predicted octanol–water partition coefficient (Wildman–Crippen LogP) is 2.57. The highest BCUT2D eigenvalue weighted by molar-refractivity contribution is 5.92. The van der Waals surface area contributed by atoms with Gasteiger partial charge in [0.1, 0.15) is 5.58 Å². The lowest BCUT2D eigenvalue weighted by Crippen LogP contribution is -2.36. The van der Waals surface area contributed by atoms with Crippen LogP contribution in [0.3, 0.4) is 0 Å². The second kappa shape index (κ2) is 6.07. The number of anilines is 1. The second-order valence-electron chi connectivity index (χ2n) is 6.05. The van der Waals surface area contributed by atoms with E-state index in [-0.39, 0.29) is 0 Å². The topological polar surface area (TPSA) is 91.6 Å². The Morgan fingerprint density at radius 1 is 1.12 bits per heavy atom. The molecule has 2 aromatic carbocycles. The number of hydrogen-bond acceptors (Lipinski definition) is 4. The van der Waals surface area contributed by atoms with Gasteiger partial charge in [-0.2, -0.15) is 0 Å². The van der Waals surface area contributed by atoms with Gasteiger partial charge >= 0.3 is 11.7 Å². The van der Waals surface area contributed by atoms with Crippen molar-refractivity contribution in [2.45, 2.75) is 18.6 Å². The molecule has 2 amide bonds. The first-order chi connectivity index (χ1) is 12.1. The van der Waals surface area contributed by atoms with Crippen molar-refractivity contribution in [2.24, 2.45) is 0 Å². The van der Waals surface area contributed by atoms with Gasteiger partial charge < -0.3 is 20.2 Å². The molecule has 3 aromatic rings. The van der Waals surface area contributed by atoms with Crippen LogP contribution >= 0.6 is 0 Å². The summed E-state index contributed by atoms with van der Waals surface area (Å²) < 4.78 is 5.07. The van der Waals surface area contributed by atoms with Gasteiger partial charge in [0.15, 0.2) is 0 Å². The van der Waals surface area contributed by atoms with Crippen molar-refractivity contribution in [3.05, 3.63) is 76.1 Å². The molecule has 6 heteroatoms. The highest BCUT2D eigenvalue weighted by Gasteiger charge is 2.31. The summed E-state index contributed by atoms with van der Waals surface area (Å²) in [6.07, 6.45) is -0.120. The zero-order valence-electron chi connectivity index (χ0n) is 13.2. The van der Waals surface area contributed by atoms with Gasteiger partial charge in [0.25, 0.3) is 0 Å². The highest BCUT2D eigenvalue weighted by Crippen LogP contribution is 2.31. The summed E-state index contributed by atoms with van der Waals surface area (Å²) in [5.74, 6) is 0. The molecule has 3 N–H and O–H groups in total. The number of amides is 2. The predicted molar refractivity (Wildman–Crippen MR) is 93.5 cm³/mol. The Hall–Kier alpha value is -3.12. The highest BCUT2D eigenvalue weighted by atomic mass is 16.4. The van der Waals surface area contributed by atoms with Gasteiger partial charge in [0.05, 0.1) is 12.1 Å². The van der Waals surface area contributed by atoms with E-state index >= 15 is 0 Å². The molecule has 0 saturated heterocycles. The molecule has 25 heavy (non-hydrogen) atoms. The van der Waals surface area contributed by atoms with Crippen LogP contribution in [0.4, 0.5) is 10.5 Å². The lowest BCUT2D eigenvalue weighted by molar-refractivity contribution is 0.144. The number of carbonyl (C=O) groups is 1. The number of fused-ring (bicyclic) bond motifs is 2. The van der Waals surface area contributed by atoms with Crippen molar-refractivity contribution in [1.29, 1.82) is 0 Å². The van der Waals surface area contributed by atoms with E-state index in [9.17, 15) is 14.7 Å². The van der Waals surface area contributed by atoms with Crippen LogP contribution in [-0.4, -0.2) is 17.2 Å². The van der Waals surface area contributed by atoms with Crippen molar-refractivity contribution in [3.8, 4) is 0 Å². The molecule has 0 saturated carbocycles. The van der Waals surface area contributed by atoms with Gasteiger partial charge in [0.2, 0.25) is 0 Å². The Morgan fingerprint density at radius 3 is 2.84 bits per heavy atom. The molecule has 0 fully saturated rings. The summed E-state index contributed by atoms with van der Waals surface area (Å²) in [4.78, 5) is 23.5. The van der Waals surface area contributed by atoms with Crippen molar-refractivity contribution < 1.29 is 14.3 Å². The van der Waals surface area contributed by atoms with E-state index in [1.165, 1.54) is 6.07 Å². The average Bonchev–Trinajstić information content (AvgIpc) is 2.91. The Balaban J connectivity index is 1.51. The van der Waals surface area contributed by atoms with E-state index in [1.807, 2.05) is 24.3 Å². The van der Waals surface area contributed by atoms with Crippen LogP contribution in [0.5, 0.6) is 0 Å². The number of benzene rings is 2. The Bertz CT molecular complexity index is 1010. The third kappa shape index (κ3) is 2.99. The van der Waals surface area contributed by atoms with Gasteiger partial charge in [-0.15, -0.1) is 0 Å². The fourth-order valence-corrected chi connectivity index (χ4v) is 3.21. The monoisotopic (exact) mass is 336 g/mol. The summed E-state index contributed by atoms with van der Waals surface area (Å²) in [5.41, 5.74) is 2.59. The van der Waals surface area contributed by atoms with Crippen molar-refractivity contribution in [1.82, 2.24) is 5.32 Å². The summed E-state index contributed by atoms with van der Waals surface area (Å²) in [7, 11) is 0. The number of nitrogens with one attached hydrogen (secondary N) is 2. The quantitative estimate of drug-likeness (QED) is 0.627. The molecule has 6 nitrogen and oxygen atoms in total. The van der Waals surface area contributed by atoms with Crippen LogP contribution in [0.1, 0.15) is 17.2 Å². The molecular formula is C19H16N2O4. The van der Waals surface area contributed by atoms with Gasteiger partial charge in [-0.1, -0.05) is 24.3 Å². The van der Waals surface area contributed by atoms with Crippen molar-refractivity contribution >= 4 is 22.7 Å². The van der Waals surface area contributed by atoms with E-state index in [2.05, 4.69) is 10.6 Å². The lowest BCUT2D eigenvalue weighted by Gasteiger charge is -2.18. The van der Waals surface area contributed by atoms with E-state index in [4.69, 9.17) is 4.42 Å². The molecule has 0 spiro atoms. The molecule has 1 aliphatic rings. The van der Waals surface area contributed by atoms with E-state index in [1.54, 1.807) is 24.3 Å². The minimum atomic E-state index is -0.644. The second-order valence-corrected chi connectivity index (χ2v) is 6.05. The number of aliphatic hydroxyl groups is 1. The van der Waals surface area contributed by atoms with Crippen molar-refractivity contribution in [3.63, 3.8) is 0 Å². The Kier molecular flexibility index (Phi) is 3.74. The number of carbonyl (C=O) groups excluding carboxylic acids is 1. The summed E-state index contributed by atoms with van der Waals surface area (Å²) in [6.45, 7) is 0.